The standard InChI is InChI=1S/C10H14BrNO3/c1-12(6-3-7-14-2)10(13)8-4-5-9(11)15-8/h4-5H,3,6-7H2,1-2H3. The van der Waals surface area contributed by atoms with Gasteiger partial charge in [0.1, 0.15) is 0 Å². The van der Waals surface area contributed by atoms with Gasteiger partial charge in [0.25, 0.3) is 5.91 Å². The van der Waals surface area contributed by atoms with Gasteiger partial charge in [-0.15, -0.1) is 0 Å². The van der Waals surface area contributed by atoms with E-state index in [1.807, 2.05) is 0 Å². The van der Waals surface area contributed by atoms with Crippen molar-refractivity contribution in [3.63, 3.8) is 0 Å². The summed E-state index contributed by atoms with van der Waals surface area (Å²) in [6.45, 7) is 1.31. The smallest absolute Gasteiger partial charge is 0.289 e. The molecule has 0 saturated carbocycles. The fourth-order valence-corrected chi connectivity index (χ4v) is 1.47. The average molecular weight is 276 g/mol. The maximum Gasteiger partial charge on any atom is 0.289 e. The van der Waals surface area contributed by atoms with E-state index in [0.717, 1.165) is 6.42 Å². The van der Waals surface area contributed by atoms with E-state index in [2.05, 4.69) is 15.9 Å². The third kappa shape index (κ3) is 3.68. The van der Waals surface area contributed by atoms with Crippen LogP contribution in [0.1, 0.15) is 17.0 Å². The van der Waals surface area contributed by atoms with Crippen LogP contribution in [0.2, 0.25) is 0 Å². The summed E-state index contributed by atoms with van der Waals surface area (Å²) in [5.41, 5.74) is 0. The topological polar surface area (TPSA) is 42.7 Å². The molecule has 0 saturated heterocycles. The lowest BCUT2D eigenvalue weighted by Crippen LogP contribution is -2.27. The molecule has 1 heterocycles. The predicted molar refractivity (Wildman–Crippen MR) is 59.9 cm³/mol. The highest BCUT2D eigenvalue weighted by Gasteiger charge is 2.14. The monoisotopic (exact) mass is 275 g/mol. The first-order valence-electron chi connectivity index (χ1n) is 4.65. The second-order valence-electron chi connectivity index (χ2n) is 3.18. The summed E-state index contributed by atoms with van der Waals surface area (Å²) < 4.78 is 10.6. The Balaban J connectivity index is 2.46. The van der Waals surface area contributed by atoms with Gasteiger partial charge in [0.05, 0.1) is 0 Å². The van der Waals surface area contributed by atoms with E-state index < -0.39 is 0 Å². The highest BCUT2D eigenvalue weighted by atomic mass is 79.9. The van der Waals surface area contributed by atoms with Crippen LogP contribution in [0.3, 0.4) is 0 Å². The molecule has 1 rings (SSSR count). The van der Waals surface area contributed by atoms with Crippen molar-refractivity contribution in [2.45, 2.75) is 6.42 Å². The third-order valence-electron chi connectivity index (χ3n) is 1.97. The molecule has 84 valence electrons. The molecule has 5 heteroatoms. The molecular weight excluding hydrogens is 262 g/mol. The number of carbonyl (C=O) groups is 1. The van der Waals surface area contributed by atoms with Crippen LogP contribution < -0.4 is 0 Å². The maximum atomic E-state index is 11.7. The van der Waals surface area contributed by atoms with Crippen molar-refractivity contribution in [3.05, 3.63) is 22.6 Å². The number of ether oxygens (including phenoxy) is 1. The Morgan fingerprint density at radius 3 is 2.87 bits per heavy atom. The number of rotatable bonds is 5. The maximum absolute atomic E-state index is 11.7. The molecule has 1 aromatic heterocycles. The Hall–Kier alpha value is -0.810. The second-order valence-corrected chi connectivity index (χ2v) is 3.96. The molecule has 0 bridgehead atoms. The minimum atomic E-state index is -0.114. The summed E-state index contributed by atoms with van der Waals surface area (Å²) >= 11 is 3.16. The van der Waals surface area contributed by atoms with Gasteiger partial charge in [0.15, 0.2) is 10.4 Å². The van der Waals surface area contributed by atoms with Crippen molar-refractivity contribution in [1.29, 1.82) is 0 Å². The van der Waals surface area contributed by atoms with Gasteiger partial charge in [-0.1, -0.05) is 0 Å². The molecular formula is C10H14BrNO3. The largest absolute Gasteiger partial charge is 0.444 e. The van der Waals surface area contributed by atoms with E-state index in [9.17, 15) is 4.79 Å². The zero-order valence-corrected chi connectivity index (χ0v) is 10.4. The Morgan fingerprint density at radius 2 is 2.33 bits per heavy atom. The van der Waals surface area contributed by atoms with E-state index in [4.69, 9.17) is 9.15 Å². The third-order valence-corrected chi connectivity index (χ3v) is 2.40. The molecule has 0 aliphatic rings. The van der Waals surface area contributed by atoms with E-state index in [-0.39, 0.29) is 5.91 Å². The number of nitrogens with zero attached hydrogens (tertiary/aromatic N) is 1. The van der Waals surface area contributed by atoms with Crippen LogP contribution in [0.5, 0.6) is 0 Å². The molecule has 4 nitrogen and oxygen atoms in total. The summed E-state index contributed by atoms with van der Waals surface area (Å²) in [4.78, 5) is 13.3. The summed E-state index contributed by atoms with van der Waals surface area (Å²) in [7, 11) is 3.39. The lowest BCUT2D eigenvalue weighted by Gasteiger charge is -2.14. The number of hydrogen-bond donors (Lipinski definition) is 0. The lowest BCUT2D eigenvalue weighted by molar-refractivity contribution is 0.0747. The van der Waals surface area contributed by atoms with Crippen molar-refractivity contribution in [3.8, 4) is 0 Å². The van der Waals surface area contributed by atoms with Crippen LogP contribution in [0.15, 0.2) is 21.2 Å². The van der Waals surface area contributed by atoms with Crippen molar-refractivity contribution >= 4 is 21.8 Å². The number of furan rings is 1. The van der Waals surface area contributed by atoms with Crippen LogP contribution in [-0.4, -0.2) is 38.1 Å². The van der Waals surface area contributed by atoms with E-state index in [1.54, 1.807) is 31.2 Å². The quantitative estimate of drug-likeness (QED) is 0.774. The molecule has 0 aromatic carbocycles. The van der Waals surface area contributed by atoms with Crippen molar-refractivity contribution in [2.75, 3.05) is 27.3 Å². The summed E-state index contributed by atoms with van der Waals surface area (Å²) in [5.74, 6) is 0.235. The van der Waals surface area contributed by atoms with E-state index in [1.165, 1.54) is 0 Å². The Labute approximate surface area is 97.3 Å². The SMILES string of the molecule is COCCCN(C)C(=O)c1ccc(Br)o1. The number of halogens is 1. The molecule has 0 aliphatic carbocycles. The van der Waals surface area contributed by atoms with Crippen LogP contribution in [0.4, 0.5) is 0 Å². The highest BCUT2D eigenvalue weighted by Crippen LogP contribution is 2.15. The lowest BCUT2D eigenvalue weighted by atomic mass is 10.3. The van der Waals surface area contributed by atoms with Crippen molar-refractivity contribution < 1.29 is 13.9 Å². The van der Waals surface area contributed by atoms with Gasteiger partial charge in [0, 0.05) is 27.3 Å². The van der Waals surface area contributed by atoms with Crippen LogP contribution in [0, 0.1) is 0 Å². The van der Waals surface area contributed by atoms with Crippen LogP contribution >= 0.6 is 15.9 Å². The van der Waals surface area contributed by atoms with Gasteiger partial charge in [0.2, 0.25) is 0 Å². The van der Waals surface area contributed by atoms with Crippen molar-refractivity contribution in [1.82, 2.24) is 4.90 Å². The Bertz CT molecular complexity index is 324. The zero-order chi connectivity index (χ0) is 11.3. The summed E-state index contributed by atoms with van der Waals surface area (Å²) in [6.07, 6.45) is 0.820. The Kier molecular flexibility index (Phi) is 4.84. The van der Waals surface area contributed by atoms with Gasteiger partial charge in [-0.25, -0.2) is 0 Å². The molecule has 0 fully saturated rings. The second kappa shape index (κ2) is 5.92. The number of amides is 1. The normalized spacial score (nSPS) is 10.3. The predicted octanol–water partition coefficient (Wildman–Crippen LogP) is 2.15. The van der Waals surface area contributed by atoms with E-state index >= 15 is 0 Å². The van der Waals surface area contributed by atoms with Crippen LogP contribution in [-0.2, 0) is 4.74 Å². The fraction of sp³-hybridized carbons (Fsp3) is 0.500. The zero-order valence-electron chi connectivity index (χ0n) is 8.83. The minimum Gasteiger partial charge on any atom is -0.444 e. The van der Waals surface area contributed by atoms with Gasteiger partial charge >= 0.3 is 0 Å². The molecule has 0 spiro atoms. The molecule has 1 amide bonds. The molecule has 15 heavy (non-hydrogen) atoms. The van der Waals surface area contributed by atoms with Gasteiger partial charge < -0.3 is 14.1 Å². The van der Waals surface area contributed by atoms with E-state index in [0.29, 0.717) is 23.6 Å². The van der Waals surface area contributed by atoms with Gasteiger partial charge in [-0.05, 0) is 34.5 Å². The van der Waals surface area contributed by atoms with Crippen molar-refractivity contribution in [2.24, 2.45) is 0 Å². The molecule has 0 unspecified atom stereocenters. The molecule has 0 N–H and O–H groups in total. The molecule has 0 radical (unpaired) electrons. The number of carbonyl (C=O) groups excluding carboxylic acids is 1. The fourth-order valence-electron chi connectivity index (χ4n) is 1.16. The van der Waals surface area contributed by atoms with Gasteiger partial charge in [-0.2, -0.15) is 0 Å². The first-order valence-corrected chi connectivity index (χ1v) is 5.44. The van der Waals surface area contributed by atoms with Crippen LogP contribution in [0.25, 0.3) is 0 Å². The molecule has 1 aromatic rings. The molecule has 0 aliphatic heterocycles. The highest BCUT2D eigenvalue weighted by molar-refractivity contribution is 9.10. The molecule has 0 atom stereocenters. The summed E-state index contributed by atoms with van der Waals surface area (Å²) in [5, 5.41) is 0. The van der Waals surface area contributed by atoms with Gasteiger partial charge in [-0.3, -0.25) is 4.79 Å². The number of methoxy groups -OCH3 is 1. The average Bonchev–Trinajstić information content (AvgIpc) is 2.64. The Morgan fingerprint density at radius 1 is 1.60 bits per heavy atom. The number of hydrogen-bond acceptors (Lipinski definition) is 3. The summed E-state index contributed by atoms with van der Waals surface area (Å²) in [6, 6.07) is 3.36. The first-order chi connectivity index (χ1) is 7.15. The first kappa shape index (κ1) is 12.3. The minimum absolute atomic E-state index is 0.114.